The van der Waals surface area contributed by atoms with Gasteiger partial charge in [0, 0.05) is 31.6 Å². The van der Waals surface area contributed by atoms with Gasteiger partial charge in [0.05, 0.1) is 5.69 Å². The van der Waals surface area contributed by atoms with Gasteiger partial charge < -0.3 is 0 Å². The van der Waals surface area contributed by atoms with Crippen LogP contribution in [0.1, 0.15) is 16.8 Å². The fourth-order valence-corrected chi connectivity index (χ4v) is 2.79. The van der Waals surface area contributed by atoms with Crippen LogP contribution in [0, 0.1) is 0 Å². The van der Waals surface area contributed by atoms with E-state index >= 15 is 0 Å². The molecule has 0 amide bonds. The molecule has 0 saturated heterocycles. The Bertz CT molecular complexity index is 542. The maximum atomic E-state index is 4.35. The Morgan fingerprint density at radius 3 is 2.83 bits per heavy atom. The first-order valence-electron chi connectivity index (χ1n) is 6.07. The van der Waals surface area contributed by atoms with Gasteiger partial charge in [-0.2, -0.15) is 0 Å². The smallest absolute Gasteiger partial charge is 0.116 e. The first-order valence-corrected chi connectivity index (χ1v) is 6.87. The minimum atomic E-state index is 0.922. The van der Waals surface area contributed by atoms with Crippen molar-refractivity contribution in [2.75, 3.05) is 6.54 Å². The quantitative estimate of drug-likeness (QED) is 0.799. The first kappa shape index (κ1) is 11.8. The van der Waals surface area contributed by atoms with Gasteiger partial charge in [0.15, 0.2) is 0 Å². The Kier molecular flexibility index (Phi) is 3.39. The highest BCUT2D eigenvalue weighted by Gasteiger charge is 2.19. The van der Waals surface area contributed by atoms with Crippen LogP contribution in [0.3, 0.4) is 0 Å². The van der Waals surface area contributed by atoms with Gasteiger partial charge in [0.2, 0.25) is 0 Å². The molecule has 18 heavy (non-hydrogen) atoms. The molecule has 0 fully saturated rings. The number of fused-ring (bicyclic) bond motifs is 1. The molecular formula is C14H14BrN3. The van der Waals surface area contributed by atoms with Crippen LogP contribution in [0.2, 0.25) is 0 Å². The van der Waals surface area contributed by atoms with Crippen molar-refractivity contribution in [2.24, 2.45) is 0 Å². The molecule has 4 heteroatoms. The van der Waals surface area contributed by atoms with Crippen LogP contribution < -0.4 is 0 Å². The summed E-state index contributed by atoms with van der Waals surface area (Å²) in [6.07, 6.45) is 2.64. The lowest BCUT2D eigenvalue weighted by Crippen LogP contribution is -2.31. The molecule has 1 aromatic carbocycles. The molecule has 1 aliphatic rings. The molecule has 0 unspecified atom stereocenters. The fourth-order valence-electron chi connectivity index (χ4n) is 2.34. The van der Waals surface area contributed by atoms with Crippen molar-refractivity contribution < 1.29 is 0 Å². The predicted molar refractivity (Wildman–Crippen MR) is 74.0 cm³/mol. The van der Waals surface area contributed by atoms with E-state index < -0.39 is 0 Å². The van der Waals surface area contributed by atoms with Crippen LogP contribution in [0.15, 0.2) is 41.3 Å². The van der Waals surface area contributed by atoms with Crippen molar-refractivity contribution in [2.45, 2.75) is 19.5 Å². The number of rotatable bonds is 2. The zero-order chi connectivity index (χ0) is 12.4. The number of benzene rings is 1. The second-order valence-corrected chi connectivity index (χ2v) is 5.29. The van der Waals surface area contributed by atoms with Crippen molar-refractivity contribution in [3.8, 4) is 0 Å². The standard InChI is InChI=1S/C14H14BrN3/c15-14-12-9-18(7-6-13(12)16-10-17-14)8-11-4-2-1-3-5-11/h1-5,10H,6-9H2. The third-order valence-corrected chi connectivity index (χ3v) is 3.96. The van der Waals surface area contributed by atoms with Gasteiger partial charge in [-0.1, -0.05) is 30.3 Å². The lowest BCUT2D eigenvalue weighted by molar-refractivity contribution is 0.242. The number of hydrogen-bond acceptors (Lipinski definition) is 3. The lowest BCUT2D eigenvalue weighted by atomic mass is 10.1. The van der Waals surface area contributed by atoms with Crippen molar-refractivity contribution >= 4 is 15.9 Å². The topological polar surface area (TPSA) is 29.0 Å². The van der Waals surface area contributed by atoms with E-state index in [1.54, 1.807) is 6.33 Å². The Hall–Kier alpha value is -1.26. The van der Waals surface area contributed by atoms with Crippen molar-refractivity contribution in [1.29, 1.82) is 0 Å². The van der Waals surface area contributed by atoms with E-state index in [0.29, 0.717) is 0 Å². The molecule has 0 radical (unpaired) electrons. The highest BCUT2D eigenvalue weighted by molar-refractivity contribution is 9.10. The number of hydrogen-bond donors (Lipinski definition) is 0. The van der Waals surface area contributed by atoms with Crippen molar-refractivity contribution in [1.82, 2.24) is 14.9 Å². The van der Waals surface area contributed by atoms with Gasteiger partial charge in [-0.15, -0.1) is 0 Å². The summed E-state index contributed by atoms with van der Waals surface area (Å²) in [5.41, 5.74) is 3.77. The fraction of sp³-hybridized carbons (Fsp3) is 0.286. The first-order chi connectivity index (χ1) is 8.83. The normalized spacial score (nSPS) is 15.4. The zero-order valence-corrected chi connectivity index (χ0v) is 11.6. The second-order valence-electron chi connectivity index (χ2n) is 4.54. The van der Waals surface area contributed by atoms with Crippen LogP contribution in [-0.4, -0.2) is 21.4 Å². The van der Waals surface area contributed by atoms with Crippen molar-refractivity contribution in [3.63, 3.8) is 0 Å². The molecule has 0 spiro atoms. The zero-order valence-electron chi connectivity index (χ0n) is 10.0. The third kappa shape index (κ3) is 2.44. The monoisotopic (exact) mass is 303 g/mol. The van der Waals surface area contributed by atoms with Crippen LogP contribution in [0.4, 0.5) is 0 Å². The average molecular weight is 304 g/mol. The third-order valence-electron chi connectivity index (χ3n) is 3.28. The molecule has 1 aromatic heterocycles. The summed E-state index contributed by atoms with van der Waals surface area (Å²) in [6, 6.07) is 10.6. The predicted octanol–water partition coefficient (Wildman–Crippen LogP) is 2.80. The summed E-state index contributed by atoms with van der Waals surface area (Å²) in [7, 11) is 0. The summed E-state index contributed by atoms with van der Waals surface area (Å²) in [4.78, 5) is 11.0. The molecule has 0 N–H and O–H groups in total. The highest BCUT2D eigenvalue weighted by atomic mass is 79.9. The number of nitrogens with zero attached hydrogens (tertiary/aromatic N) is 3. The van der Waals surface area contributed by atoms with E-state index in [1.165, 1.54) is 16.8 Å². The maximum absolute atomic E-state index is 4.35. The van der Waals surface area contributed by atoms with E-state index in [1.807, 2.05) is 0 Å². The molecule has 2 aromatic rings. The SMILES string of the molecule is Brc1ncnc2c1CN(Cc1ccccc1)CC2. The van der Waals surface area contributed by atoms with Gasteiger partial charge >= 0.3 is 0 Å². The minimum Gasteiger partial charge on any atom is -0.294 e. The molecule has 0 atom stereocenters. The largest absolute Gasteiger partial charge is 0.294 e. The van der Waals surface area contributed by atoms with Crippen molar-refractivity contribution in [3.05, 3.63) is 58.1 Å². The summed E-state index contributed by atoms with van der Waals surface area (Å²) in [6.45, 7) is 2.97. The Morgan fingerprint density at radius 1 is 1.17 bits per heavy atom. The van der Waals surface area contributed by atoms with Crippen LogP contribution >= 0.6 is 15.9 Å². The van der Waals surface area contributed by atoms with E-state index in [-0.39, 0.29) is 0 Å². The summed E-state index contributed by atoms with van der Waals surface area (Å²) < 4.78 is 0.935. The summed E-state index contributed by atoms with van der Waals surface area (Å²) in [5, 5.41) is 0. The van der Waals surface area contributed by atoms with Crippen LogP contribution in [-0.2, 0) is 19.5 Å². The molecule has 0 aliphatic carbocycles. The molecule has 2 heterocycles. The summed E-state index contributed by atoms with van der Waals surface area (Å²) >= 11 is 3.52. The Labute approximate surface area is 115 Å². The molecular weight excluding hydrogens is 290 g/mol. The molecule has 92 valence electrons. The maximum Gasteiger partial charge on any atom is 0.116 e. The van der Waals surface area contributed by atoms with E-state index in [4.69, 9.17) is 0 Å². The van der Waals surface area contributed by atoms with E-state index in [9.17, 15) is 0 Å². The van der Waals surface area contributed by atoms with Gasteiger partial charge in [-0.3, -0.25) is 4.90 Å². The molecule has 0 bridgehead atoms. The number of halogens is 1. The van der Waals surface area contributed by atoms with Gasteiger partial charge in [-0.05, 0) is 21.5 Å². The average Bonchev–Trinajstić information content (AvgIpc) is 2.41. The Morgan fingerprint density at radius 2 is 2.00 bits per heavy atom. The molecule has 3 nitrogen and oxygen atoms in total. The van der Waals surface area contributed by atoms with Crippen LogP contribution in [0.25, 0.3) is 0 Å². The van der Waals surface area contributed by atoms with E-state index in [2.05, 4.69) is 61.1 Å². The Balaban J connectivity index is 1.77. The summed E-state index contributed by atoms with van der Waals surface area (Å²) in [5.74, 6) is 0. The lowest BCUT2D eigenvalue weighted by Gasteiger charge is -2.28. The molecule has 3 rings (SSSR count). The molecule has 1 aliphatic heterocycles. The van der Waals surface area contributed by atoms with Gasteiger partial charge in [0.25, 0.3) is 0 Å². The van der Waals surface area contributed by atoms with E-state index in [0.717, 1.165) is 30.7 Å². The van der Waals surface area contributed by atoms with Gasteiger partial charge in [-0.25, -0.2) is 9.97 Å². The molecule has 0 saturated carbocycles. The number of aromatic nitrogens is 2. The minimum absolute atomic E-state index is 0.922. The van der Waals surface area contributed by atoms with Gasteiger partial charge in [0.1, 0.15) is 10.9 Å². The second kappa shape index (κ2) is 5.16. The van der Waals surface area contributed by atoms with Crippen LogP contribution in [0.5, 0.6) is 0 Å². The highest BCUT2D eigenvalue weighted by Crippen LogP contribution is 2.23.